The zero-order valence-corrected chi connectivity index (χ0v) is 37.6. The van der Waals surface area contributed by atoms with Gasteiger partial charge >= 0.3 is 0 Å². The Hall–Kier alpha value is -6.26. The van der Waals surface area contributed by atoms with Crippen molar-refractivity contribution in [2.24, 2.45) is 25.9 Å². The van der Waals surface area contributed by atoms with Crippen molar-refractivity contribution in [2.75, 3.05) is 0 Å². The normalized spacial score (nSPS) is 12.3. The molecule has 10 rings (SSSR count). The Balaban J connectivity index is 1.24. The quantitative estimate of drug-likeness (QED) is 0.108. The van der Waals surface area contributed by atoms with E-state index in [0.717, 1.165) is 19.3 Å². The number of rotatable bonds is 8. The summed E-state index contributed by atoms with van der Waals surface area (Å²) in [5.41, 5.74) is 20.9. The van der Waals surface area contributed by atoms with Crippen LogP contribution >= 0.6 is 0 Å². The summed E-state index contributed by atoms with van der Waals surface area (Å²) in [7, 11) is 4.49. The number of hydrogen-bond donors (Lipinski definition) is 0. The third-order valence-corrected chi connectivity index (χ3v) is 13.5. The van der Waals surface area contributed by atoms with Gasteiger partial charge in [0.15, 0.2) is 11.4 Å². The summed E-state index contributed by atoms with van der Waals surface area (Å²) >= 11 is 0. The minimum absolute atomic E-state index is 0.554. The third kappa shape index (κ3) is 6.09. The Labute approximate surface area is 360 Å². The average molecular weight is 799 g/mol. The second-order valence-electron chi connectivity index (χ2n) is 18.7. The standard InChI is InChI=1S/C57H58N4/c1-34(2)29-41-20-15-21-42(30-35(3)4)53(41)50-33-58(9)56-54-43(22-16-25-45(54)44-23-11-12-26-48(44)60(50)56)31-40-27-28-49-47(32-40)46-24-14-19-38(7)52(46)57-59(10)39(8)55(61(49)57)51-36(5)17-13-18-37(51)6/h11-28,32-35H,29-31H2,1-10H3/q+2. The average Bonchev–Trinajstić information content (AvgIpc) is 3.70. The maximum absolute atomic E-state index is 2.58. The van der Waals surface area contributed by atoms with E-state index in [4.69, 9.17) is 0 Å². The molecule has 0 spiro atoms. The molecule has 0 aliphatic heterocycles. The largest absolute Gasteiger partial charge is 0.295 e. The molecular weight excluding hydrogens is 741 g/mol. The number of nitrogens with zero attached hydrogens (tertiary/aromatic N) is 4. The molecule has 4 nitrogen and oxygen atoms in total. The van der Waals surface area contributed by atoms with Gasteiger partial charge in [-0.25, -0.2) is 9.13 Å². The van der Waals surface area contributed by atoms with E-state index in [1.165, 1.54) is 122 Å². The minimum Gasteiger partial charge on any atom is -0.232 e. The van der Waals surface area contributed by atoms with Gasteiger partial charge in [-0.2, -0.15) is 8.80 Å². The first-order valence-corrected chi connectivity index (χ1v) is 22.3. The molecule has 10 aromatic rings. The molecule has 0 unspecified atom stereocenters. The SMILES string of the molecule is Cc1cccc(C)c1-c1c(C)n(C)c2c3c(C)cccc3c3cc(Cc4cccc5c6ccccc6n6c(-c7c(CC(C)C)cccc7CC(C)C)c[n+](C)c6c45)ccc3[n+]12. The predicted molar refractivity (Wildman–Crippen MR) is 257 cm³/mol. The molecule has 0 radical (unpaired) electrons. The summed E-state index contributed by atoms with van der Waals surface area (Å²) in [6.07, 6.45) is 5.32. The second kappa shape index (κ2) is 14.7. The van der Waals surface area contributed by atoms with Crippen LogP contribution in [-0.2, 0) is 33.4 Å². The van der Waals surface area contributed by atoms with Crippen molar-refractivity contribution >= 4 is 54.6 Å². The van der Waals surface area contributed by atoms with Crippen molar-refractivity contribution in [1.82, 2.24) is 8.97 Å². The zero-order chi connectivity index (χ0) is 42.4. The number of fused-ring (bicyclic) bond motifs is 12. The smallest absolute Gasteiger partial charge is 0.232 e. The second-order valence-corrected chi connectivity index (χ2v) is 18.7. The van der Waals surface area contributed by atoms with Crippen molar-refractivity contribution in [1.29, 1.82) is 0 Å². The summed E-state index contributed by atoms with van der Waals surface area (Å²) in [5, 5.41) is 7.82. The summed E-state index contributed by atoms with van der Waals surface area (Å²) in [6.45, 7) is 18.4. The minimum atomic E-state index is 0.554. The number of hydrogen-bond acceptors (Lipinski definition) is 0. The van der Waals surface area contributed by atoms with Crippen LogP contribution in [0.4, 0.5) is 0 Å². The summed E-state index contributed by atoms with van der Waals surface area (Å²) in [5.74, 6) is 1.11. The van der Waals surface area contributed by atoms with Crippen LogP contribution in [-0.4, -0.2) is 8.97 Å². The van der Waals surface area contributed by atoms with Gasteiger partial charge in [0.2, 0.25) is 0 Å². The van der Waals surface area contributed by atoms with Gasteiger partial charge in [0.25, 0.3) is 11.3 Å². The topological polar surface area (TPSA) is 17.3 Å². The highest BCUT2D eigenvalue weighted by Gasteiger charge is 2.31. The van der Waals surface area contributed by atoms with Gasteiger partial charge < -0.3 is 0 Å². The lowest BCUT2D eigenvalue weighted by atomic mass is 9.89. The monoisotopic (exact) mass is 798 g/mol. The van der Waals surface area contributed by atoms with Crippen LogP contribution in [0.15, 0.2) is 121 Å². The van der Waals surface area contributed by atoms with Gasteiger partial charge in [-0.1, -0.05) is 125 Å². The number of aromatic nitrogens is 4. The highest BCUT2D eigenvalue weighted by atomic mass is 15.1. The van der Waals surface area contributed by atoms with E-state index < -0.39 is 0 Å². The summed E-state index contributed by atoms with van der Waals surface area (Å²) in [4.78, 5) is 0. The molecular formula is C57H58N4+2. The lowest BCUT2D eigenvalue weighted by molar-refractivity contribution is -0.643. The lowest BCUT2D eigenvalue weighted by Gasteiger charge is -2.16. The molecule has 0 amide bonds. The molecule has 4 heteroatoms. The van der Waals surface area contributed by atoms with Crippen LogP contribution in [0.5, 0.6) is 0 Å². The molecule has 0 saturated heterocycles. The first kappa shape index (κ1) is 38.9. The van der Waals surface area contributed by atoms with Gasteiger partial charge in [0.05, 0.1) is 24.9 Å². The van der Waals surface area contributed by atoms with Gasteiger partial charge in [-0.3, -0.25) is 0 Å². The first-order valence-electron chi connectivity index (χ1n) is 22.3. The van der Waals surface area contributed by atoms with Crippen molar-refractivity contribution in [3.8, 4) is 22.5 Å². The fourth-order valence-corrected chi connectivity index (χ4v) is 10.9. The Bertz CT molecular complexity index is 3360. The van der Waals surface area contributed by atoms with E-state index in [1.807, 2.05) is 0 Å². The van der Waals surface area contributed by atoms with Crippen molar-refractivity contribution in [3.63, 3.8) is 0 Å². The molecule has 0 saturated carbocycles. The molecule has 4 aromatic heterocycles. The molecule has 304 valence electrons. The summed E-state index contributed by atoms with van der Waals surface area (Å²) < 4.78 is 9.95. The van der Waals surface area contributed by atoms with E-state index >= 15 is 0 Å². The maximum Gasteiger partial charge on any atom is 0.295 e. The van der Waals surface area contributed by atoms with E-state index in [0.29, 0.717) is 11.8 Å². The zero-order valence-electron chi connectivity index (χ0n) is 37.6. The fourth-order valence-electron chi connectivity index (χ4n) is 10.9. The van der Waals surface area contributed by atoms with Gasteiger partial charge in [-0.15, -0.1) is 0 Å². The third-order valence-electron chi connectivity index (χ3n) is 13.5. The van der Waals surface area contributed by atoms with E-state index in [-0.39, 0.29) is 0 Å². The van der Waals surface area contributed by atoms with Crippen LogP contribution in [0.3, 0.4) is 0 Å². The molecule has 4 heterocycles. The Morgan fingerprint density at radius 2 is 1.15 bits per heavy atom. The Morgan fingerprint density at radius 1 is 0.557 bits per heavy atom. The Kier molecular flexibility index (Phi) is 9.40. The van der Waals surface area contributed by atoms with E-state index in [9.17, 15) is 0 Å². The number of pyridine rings is 2. The number of imidazole rings is 2. The Morgan fingerprint density at radius 3 is 1.85 bits per heavy atom. The highest BCUT2D eigenvalue weighted by Crippen LogP contribution is 2.40. The van der Waals surface area contributed by atoms with Crippen LogP contribution in [0, 0.1) is 39.5 Å². The molecule has 61 heavy (non-hydrogen) atoms. The molecule has 0 aliphatic carbocycles. The van der Waals surface area contributed by atoms with E-state index in [1.54, 1.807) is 0 Å². The predicted octanol–water partition coefficient (Wildman–Crippen LogP) is 13.0. The van der Waals surface area contributed by atoms with Crippen LogP contribution in [0.2, 0.25) is 0 Å². The molecule has 0 bridgehead atoms. The van der Waals surface area contributed by atoms with E-state index in [2.05, 4.69) is 209 Å². The van der Waals surface area contributed by atoms with Crippen molar-refractivity contribution in [3.05, 3.63) is 166 Å². The highest BCUT2D eigenvalue weighted by molar-refractivity contribution is 6.13. The van der Waals surface area contributed by atoms with Crippen LogP contribution in [0.25, 0.3) is 77.2 Å². The van der Waals surface area contributed by atoms with Crippen molar-refractivity contribution < 1.29 is 8.97 Å². The van der Waals surface area contributed by atoms with Gasteiger partial charge in [0, 0.05) is 39.6 Å². The number of para-hydroxylation sites is 1. The molecule has 6 aromatic carbocycles. The molecule has 0 atom stereocenters. The van der Waals surface area contributed by atoms with Gasteiger partial charge in [-0.05, 0) is 109 Å². The first-order chi connectivity index (χ1) is 29.4. The number of benzene rings is 6. The van der Waals surface area contributed by atoms with Gasteiger partial charge in [0.1, 0.15) is 22.9 Å². The molecule has 0 N–H and O–H groups in total. The summed E-state index contributed by atoms with van der Waals surface area (Å²) in [6, 6.07) is 43.8. The molecule has 0 fully saturated rings. The van der Waals surface area contributed by atoms with Crippen molar-refractivity contribution in [2.45, 2.75) is 74.7 Å². The lowest BCUT2D eigenvalue weighted by Crippen LogP contribution is -2.26. The molecule has 0 aliphatic rings. The van der Waals surface area contributed by atoms with Crippen LogP contribution < -0.4 is 8.97 Å². The fraction of sp³-hybridized carbons (Fsp3) is 0.263. The van der Waals surface area contributed by atoms with Crippen LogP contribution in [0.1, 0.15) is 72.3 Å². The number of aryl methyl sites for hydroxylation is 5. The maximum atomic E-state index is 2.58.